The number of pyridine rings is 1. The lowest BCUT2D eigenvalue weighted by molar-refractivity contribution is -0.673. The second kappa shape index (κ2) is 10.9. The molecule has 3 aromatic carbocycles. The summed E-state index contributed by atoms with van der Waals surface area (Å²) in [6, 6.07) is 21.5. The summed E-state index contributed by atoms with van der Waals surface area (Å²) in [5.74, 6) is -0.178. The van der Waals surface area contributed by atoms with Crippen molar-refractivity contribution in [2.45, 2.75) is 53.1 Å². The zero-order valence-electron chi connectivity index (χ0n) is 20.9. The molecule has 0 aliphatic carbocycles. The van der Waals surface area contributed by atoms with E-state index in [2.05, 4.69) is 79.6 Å². The molecule has 176 valence electrons. The van der Waals surface area contributed by atoms with Crippen LogP contribution in [0.1, 0.15) is 50.3 Å². The lowest BCUT2D eigenvalue weighted by atomic mass is 10.0. The molecule has 1 heterocycles. The largest absolute Gasteiger partial charge is 0.301 e. The molecule has 4 rings (SSSR count). The summed E-state index contributed by atoms with van der Waals surface area (Å²) >= 11 is 0. The molecule has 2 nitrogen and oxygen atoms in total. The molecular formula is C31H36FN2+. The van der Waals surface area contributed by atoms with Crippen molar-refractivity contribution in [1.29, 1.82) is 0 Å². The average molecular weight is 456 g/mol. The normalized spacial score (nSPS) is 12.9. The Kier molecular flexibility index (Phi) is 7.74. The first kappa shape index (κ1) is 24.1. The topological polar surface area (TPSA) is 7.12 Å². The van der Waals surface area contributed by atoms with Crippen LogP contribution in [-0.4, -0.2) is 24.0 Å². The number of fused-ring (bicyclic) bond motifs is 2. The van der Waals surface area contributed by atoms with Crippen LogP contribution in [0, 0.1) is 12.7 Å². The van der Waals surface area contributed by atoms with Crippen molar-refractivity contribution >= 4 is 33.8 Å². The van der Waals surface area contributed by atoms with Gasteiger partial charge < -0.3 is 4.90 Å². The summed E-state index contributed by atoms with van der Waals surface area (Å²) in [7, 11) is 0. The van der Waals surface area contributed by atoms with Gasteiger partial charge in [-0.2, -0.15) is 8.96 Å². The fraction of sp³-hybridized carbons (Fsp3) is 0.323. The summed E-state index contributed by atoms with van der Waals surface area (Å²) in [5, 5.41) is 3.37. The predicted octanol–water partition coefficient (Wildman–Crippen LogP) is 7.41. The van der Waals surface area contributed by atoms with Crippen molar-refractivity contribution in [2.24, 2.45) is 0 Å². The van der Waals surface area contributed by atoms with Crippen LogP contribution in [0.5, 0.6) is 0 Å². The van der Waals surface area contributed by atoms with Gasteiger partial charge in [-0.05, 0) is 61.8 Å². The van der Waals surface area contributed by atoms with E-state index >= 15 is 4.39 Å². The first-order chi connectivity index (χ1) is 16.5. The molecule has 0 saturated carbocycles. The smallest absolute Gasteiger partial charge is 0.213 e. The lowest BCUT2D eigenvalue weighted by Gasteiger charge is -2.25. The Morgan fingerprint density at radius 1 is 0.941 bits per heavy atom. The zero-order valence-corrected chi connectivity index (χ0v) is 20.9. The molecule has 0 aliphatic rings. The Morgan fingerprint density at radius 3 is 2.47 bits per heavy atom. The Balaban J connectivity index is 1.58. The van der Waals surface area contributed by atoms with Crippen molar-refractivity contribution in [2.75, 3.05) is 13.1 Å². The summed E-state index contributed by atoms with van der Waals surface area (Å²) in [6.07, 6.45) is 7.73. The highest BCUT2D eigenvalue weighted by Crippen LogP contribution is 2.23. The third-order valence-electron chi connectivity index (χ3n) is 6.95. The Labute approximate surface area is 203 Å². The second-order valence-electron chi connectivity index (χ2n) is 9.26. The van der Waals surface area contributed by atoms with Crippen LogP contribution in [-0.2, 0) is 6.54 Å². The van der Waals surface area contributed by atoms with Crippen molar-refractivity contribution in [3.8, 4) is 0 Å². The van der Waals surface area contributed by atoms with E-state index in [-0.39, 0.29) is 5.82 Å². The van der Waals surface area contributed by atoms with Gasteiger partial charge in [0.25, 0.3) is 0 Å². The Morgan fingerprint density at radius 2 is 1.68 bits per heavy atom. The number of rotatable bonds is 9. The van der Waals surface area contributed by atoms with Gasteiger partial charge in [0.15, 0.2) is 5.82 Å². The number of hydrogen-bond acceptors (Lipinski definition) is 1. The van der Waals surface area contributed by atoms with E-state index in [0.29, 0.717) is 11.6 Å². The van der Waals surface area contributed by atoms with E-state index in [9.17, 15) is 0 Å². The molecule has 1 aromatic heterocycles. The van der Waals surface area contributed by atoms with E-state index in [4.69, 9.17) is 0 Å². The molecule has 4 aromatic rings. The average Bonchev–Trinajstić information content (AvgIpc) is 2.84. The van der Waals surface area contributed by atoms with Crippen LogP contribution < -0.4 is 4.57 Å². The minimum absolute atomic E-state index is 0.178. The van der Waals surface area contributed by atoms with Gasteiger partial charge >= 0.3 is 0 Å². The van der Waals surface area contributed by atoms with E-state index in [0.717, 1.165) is 48.9 Å². The maximum Gasteiger partial charge on any atom is 0.213 e. The lowest BCUT2D eigenvalue weighted by Crippen LogP contribution is -2.37. The summed E-state index contributed by atoms with van der Waals surface area (Å²) in [4.78, 5) is 2.48. The van der Waals surface area contributed by atoms with Crippen LogP contribution >= 0.6 is 0 Å². The van der Waals surface area contributed by atoms with E-state index in [1.807, 2.05) is 30.4 Å². The van der Waals surface area contributed by atoms with E-state index in [1.54, 1.807) is 6.20 Å². The number of nitrogens with zero attached hydrogens (tertiary/aromatic N) is 2. The fourth-order valence-corrected chi connectivity index (χ4v) is 4.96. The Hall–Kier alpha value is -3.04. The number of aromatic nitrogens is 1. The molecule has 1 atom stereocenters. The van der Waals surface area contributed by atoms with Crippen molar-refractivity contribution in [1.82, 2.24) is 4.90 Å². The summed E-state index contributed by atoms with van der Waals surface area (Å²) in [6.45, 7) is 11.8. The minimum Gasteiger partial charge on any atom is -0.301 e. The SMILES string of the molecule is CCN(CC)C(C)CCC[n+]1cc(F)c(/C=C/c2ccc3cc(C)ccc3c2)c2ccccc21. The first-order valence-corrected chi connectivity index (χ1v) is 12.5. The van der Waals surface area contributed by atoms with E-state index < -0.39 is 0 Å². The molecule has 34 heavy (non-hydrogen) atoms. The fourth-order valence-electron chi connectivity index (χ4n) is 4.96. The molecule has 0 saturated heterocycles. The van der Waals surface area contributed by atoms with Crippen LogP contribution in [0.3, 0.4) is 0 Å². The number of aryl methyl sites for hydroxylation is 2. The molecule has 0 amide bonds. The quantitative estimate of drug-likeness (QED) is 0.238. The maximum absolute atomic E-state index is 15.3. The van der Waals surface area contributed by atoms with Gasteiger partial charge in [-0.3, -0.25) is 0 Å². The van der Waals surface area contributed by atoms with Gasteiger partial charge in [-0.25, -0.2) is 0 Å². The number of hydrogen-bond donors (Lipinski definition) is 0. The van der Waals surface area contributed by atoms with Gasteiger partial charge in [0.1, 0.15) is 6.54 Å². The number of halogens is 1. The number of benzene rings is 3. The van der Waals surface area contributed by atoms with Crippen LogP contribution in [0.4, 0.5) is 4.39 Å². The van der Waals surface area contributed by atoms with Gasteiger partial charge in [0.2, 0.25) is 11.7 Å². The first-order valence-electron chi connectivity index (χ1n) is 12.5. The van der Waals surface area contributed by atoms with Gasteiger partial charge in [-0.1, -0.05) is 74.0 Å². The molecule has 0 N–H and O–H groups in total. The molecule has 1 unspecified atom stereocenters. The van der Waals surface area contributed by atoms with Gasteiger partial charge in [0.05, 0.1) is 5.39 Å². The summed E-state index contributed by atoms with van der Waals surface area (Å²) < 4.78 is 17.4. The maximum atomic E-state index is 15.3. The molecular weight excluding hydrogens is 419 g/mol. The minimum atomic E-state index is -0.178. The highest BCUT2D eigenvalue weighted by molar-refractivity contribution is 5.91. The molecule has 3 heteroatoms. The van der Waals surface area contributed by atoms with Crippen molar-refractivity contribution in [3.05, 3.63) is 89.4 Å². The van der Waals surface area contributed by atoms with Crippen LogP contribution in [0.15, 0.2) is 66.9 Å². The third-order valence-corrected chi connectivity index (χ3v) is 6.95. The number of para-hydroxylation sites is 1. The highest BCUT2D eigenvalue weighted by Gasteiger charge is 2.17. The summed E-state index contributed by atoms with van der Waals surface area (Å²) in [5.41, 5.74) is 4.05. The van der Waals surface area contributed by atoms with Crippen LogP contribution in [0.2, 0.25) is 0 Å². The van der Waals surface area contributed by atoms with E-state index in [1.165, 1.54) is 16.3 Å². The molecule has 0 radical (unpaired) electrons. The molecule has 0 fully saturated rings. The van der Waals surface area contributed by atoms with Crippen molar-refractivity contribution in [3.63, 3.8) is 0 Å². The molecule has 0 aliphatic heterocycles. The Bertz CT molecular complexity index is 1300. The van der Waals surface area contributed by atoms with Crippen LogP contribution in [0.25, 0.3) is 33.8 Å². The second-order valence-corrected chi connectivity index (χ2v) is 9.26. The van der Waals surface area contributed by atoms with Crippen molar-refractivity contribution < 1.29 is 8.96 Å². The third kappa shape index (κ3) is 5.37. The molecule has 0 bridgehead atoms. The zero-order chi connectivity index (χ0) is 24.1. The van der Waals surface area contributed by atoms with Gasteiger partial charge in [0, 0.05) is 24.1 Å². The predicted molar refractivity (Wildman–Crippen MR) is 143 cm³/mol. The highest BCUT2D eigenvalue weighted by atomic mass is 19.1. The molecule has 0 spiro atoms. The van der Waals surface area contributed by atoms with Gasteiger partial charge in [-0.15, -0.1) is 0 Å². The monoisotopic (exact) mass is 455 g/mol. The standard InChI is InChI=1S/C31H36FN2/c1-5-33(6-2)24(4)10-9-19-34-22-30(32)28(29-11-7-8-12-31(29)34)18-15-25-14-17-26-20-23(3)13-16-27(26)21-25/h7-8,11-18,20-22,24H,5-6,9-10,19H2,1-4H3/q+1/b18-15+.